The van der Waals surface area contributed by atoms with E-state index in [1.807, 2.05) is 0 Å². The molecule has 0 heterocycles. The molecule has 0 bridgehead atoms. The number of aliphatic hydroxyl groups excluding tert-OH is 1. The zero-order chi connectivity index (χ0) is 16.1. The second-order valence-corrected chi connectivity index (χ2v) is 6.21. The molecule has 2 aromatic carbocycles. The maximum Gasteiger partial charge on any atom is 0.138 e. The van der Waals surface area contributed by atoms with E-state index in [-0.39, 0.29) is 6.61 Å². The number of benzene rings is 2. The van der Waals surface area contributed by atoms with Crippen molar-refractivity contribution in [2.75, 3.05) is 18.5 Å². The molecular formula is C15H13Cl4NO2. The quantitative estimate of drug-likeness (QED) is 0.727. The number of hydrogen-bond donors (Lipinski definition) is 2. The molecule has 118 valence electrons. The molecule has 2 aromatic rings. The molecule has 0 saturated heterocycles. The summed E-state index contributed by atoms with van der Waals surface area (Å²) in [6.07, 6.45) is -0.721. The van der Waals surface area contributed by atoms with E-state index in [4.69, 9.17) is 51.1 Å². The normalized spacial score (nSPS) is 12.0. The number of rotatable bonds is 6. The number of ether oxygens (including phenoxy) is 1. The molecule has 0 radical (unpaired) electrons. The van der Waals surface area contributed by atoms with Crippen LogP contribution in [0.5, 0.6) is 5.75 Å². The first-order valence-corrected chi connectivity index (χ1v) is 7.91. The molecule has 7 heteroatoms. The lowest BCUT2D eigenvalue weighted by Gasteiger charge is -2.15. The summed E-state index contributed by atoms with van der Waals surface area (Å²) in [5.41, 5.74) is 0.762. The van der Waals surface area contributed by atoms with E-state index in [1.54, 1.807) is 36.4 Å². The van der Waals surface area contributed by atoms with Gasteiger partial charge in [-0.25, -0.2) is 0 Å². The minimum absolute atomic E-state index is 0.0929. The van der Waals surface area contributed by atoms with Crippen LogP contribution in [-0.2, 0) is 0 Å². The lowest BCUT2D eigenvalue weighted by atomic mass is 10.3. The summed E-state index contributed by atoms with van der Waals surface area (Å²) >= 11 is 23.5. The van der Waals surface area contributed by atoms with E-state index in [0.717, 1.165) is 5.69 Å². The molecule has 0 saturated carbocycles. The second kappa shape index (κ2) is 8.14. The van der Waals surface area contributed by atoms with Crippen molar-refractivity contribution in [1.82, 2.24) is 0 Å². The van der Waals surface area contributed by atoms with Crippen molar-refractivity contribution in [1.29, 1.82) is 0 Å². The fourth-order valence-corrected chi connectivity index (χ4v) is 2.44. The lowest BCUT2D eigenvalue weighted by molar-refractivity contribution is 0.117. The highest BCUT2D eigenvalue weighted by atomic mass is 35.5. The van der Waals surface area contributed by atoms with Crippen molar-refractivity contribution in [3.63, 3.8) is 0 Å². The van der Waals surface area contributed by atoms with Gasteiger partial charge in [0.15, 0.2) is 0 Å². The molecule has 0 aliphatic carbocycles. The van der Waals surface area contributed by atoms with Gasteiger partial charge in [-0.3, -0.25) is 0 Å². The molecule has 0 aromatic heterocycles. The first-order valence-electron chi connectivity index (χ1n) is 6.40. The van der Waals surface area contributed by atoms with Crippen LogP contribution in [0.4, 0.5) is 5.69 Å². The van der Waals surface area contributed by atoms with Gasteiger partial charge < -0.3 is 15.2 Å². The van der Waals surface area contributed by atoms with Crippen LogP contribution in [-0.4, -0.2) is 24.4 Å². The van der Waals surface area contributed by atoms with E-state index < -0.39 is 6.10 Å². The van der Waals surface area contributed by atoms with Crippen LogP contribution in [0.3, 0.4) is 0 Å². The van der Waals surface area contributed by atoms with Gasteiger partial charge in [0.2, 0.25) is 0 Å². The van der Waals surface area contributed by atoms with Gasteiger partial charge in [-0.2, -0.15) is 0 Å². The third-order valence-corrected chi connectivity index (χ3v) is 4.06. The molecule has 3 nitrogen and oxygen atoms in total. The van der Waals surface area contributed by atoms with Gasteiger partial charge in [-0.1, -0.05) is 46.4 Å². The number of halogens is 4. The van der Waals surface area contributed by atoms with Crippen LogP contribution >= 0.6 is 46.4 Å². The van der Waals surface area contributed by atoms with Crippen LogP contribution < -0.4 is 10.1 Å². The molecule has 0 aliphatic heterocycles. The van der Waals surface area contributed by atoms with Crippen molar-refractivity contribution in [2.45, 2.75) is 6.10 Å². The summed E-state index contributed by atoms with van der Waals surface area (Å²) in [5.74, 6) is 0.472. The average molecular weight is 381 g/mol. The topological polar surface area (TPSA) is 41.5 Å². The zero-order valence-corrected chi connectivity index (χ0v) is 14.3. The summed E-state index contributed by atoms with van der Waals surface area (Å²) < 4.78 is 5.46. The third kappa shape index (κ3) is 5.11. The van der Waals surface area contributed by atoms with Crippen molar-refractivity contribution in [3.05, 3.63) is 56.5 Å². The summed E-state index contributed by atoms with van der Waals surface area (Å²) in [6, 6.07) is 10.1. The van der Waals surface area contributed by atoms with Crippen LogP contribution in [0.1, 0.15) is 0 Å². The Bertz CT molecular complexity index is 651. The molecule has 22 heavy (non-hydrogen) atoms. The van der Waals surface area contributed by atoms with Gasteiger partial charge in [0.1, 0.15) is 18.5 Å². The molecular weight excluding hydrogens is 368 g/mol. The Morgan fingerprint density at radius 1 is 0.955 bits per heavy atom. The predicted octanol–water partition coefficient (Wildman–Crippen LogP) is 5.15. The monoisotopic (exact) mass is 379 g/mol. The van der Waals surface area contributed by atoms with Crippen molar-refractivity contribution in [2.24, 2.45) is 0 Å². The van der Waals surface area contributed by atoms with Gasteiger partial charge in [-0.15, -0.1) is 0 Å². The van der Waals surface area contributed by atoms with Crippen LogP contribution in [0.2, 0.25) is 20.1 Å². The minimum atomic E-state index is -0.721. The average Bonchev–Trinajstić information content (AvgIpc) is 2.47. The molecule has 0 amide bonds. The summed E-state index contributed by atoms with van der Waals surface area (Å²) in [7, 11) is 0. The Morgan fingerprint density at radius 2 is 1.73 bits per heavy atom. The van der Waals surface area contributed by atoms with Crippen molar-refractivity contribution >= 4 is 52.1 Å². The van der Waals surface area contributed by atoms with E-state index >= 15 is 0 Å². The minimum Gasteiger partial charge on any atom is -0.489 e. The molecule has 0 spiro atoms. The van der Waals surface area contributed by atoms with Crippen LogP contribution in [0, 0.1) is 0 Å². The van der Waals surface area contributed by atoms with Gasteiger partial charge in [0, 0.05) is 17.3 Å². The zero-order valence-electron chi connectivity index (χ0n) is 11.3. The van der Waals surface area contributed by atoms with Crippen LogP contribution in [0.25, 0.3) is 0 Å². The Labute approximate surface area is 148 Å². The second-order valence-electron chi connectivity index (χ2n) is 4.55. The largest absolute Gasteiger partial charge is 0.489 e. The maximum atomic E-state index is 9.93. The standard InChI is InChI=1S/C15H13Cl4NO2/c16-9-1-4-15(14(19)5-9)22-8-11(21)7-20-10-2-3-12(17)13(18)6-10/h1-6,11,20-21H,7-8H2. The van der Waals surface area contributed by atoms with E-state index in [1.165, 1.54) is 0 Å². The highest BCUT2D eigenvalue weighted by Crippen LogP contribution is 2.28. The Balaban J connectivity index is 1.82. The molecule has 0 fully saturated rings. The molecule has 0 aliphatic rings. The SMILES string of the molecule is OC(CNc1ccc(Cl)c(Cl)c1)COc1ccc(Cl)cc1Cl. The molecule has 1 atom stereocenters. The Hall–Kier alpha value is -0.840. The van der Waals surface area contributed by atoms with E-state index in [2.05, 4.69) is 5.32 Å². The summed E-state index contributed by atoms with van der Waals surface area (Å²) in [5, 5.41) is 14.8. The van der Waals surface area contributed by atoms with Crippen LogP contribution in [0.15, 0.2) is 36.4 Å². The maximum absolute atomic E-state index is 9.93. The van der Waals surface area contributed by atoms with Crippen molar-refractivity contribution in [3.8, 4) is 5.75 Å². The Morgan fingerprint density at radius 3 is 2.41 bits per heavy atom. The number of hydrogen-bond acceptors (Lipinski definition) is 3. The first-order chi connectivity index (χ1) is 10.5. The first kappa shape index (κ1) is 17.5. The van der Waals surface area contributed by atoms with E-state index in [0.29, 0.717) is 32.4 Å². The lowest BCUT2D eigenvalue weighted by Crippen LogP contribution is -2.26. The number of aliphatic hydroxyl groups is 1. The van der Waals surface area contributed by atoms with Crippen molar-refractivity contribution < 1.29 is 9.84 Å². The number of nitrogens with one attached hydrogen (secondary N) is 1. The van der Waals surface area contributed by atoms with Gasteiger partial charge in [0.25, 0.3) is 0 Å². The van der Waals surface area contributed by atoms with Gasteiger partial charge in [-0.05, 0) is 36.4 Å². The summed E-state index contributed by atoms with van der Waals surface area (Å²) in [6.45, 7) is 0.388. The smallest absolute Gasteiger partial charge is 0.138 e. The molecule has 2 N–H and O–H groups in total. The van der Waals surface area contributed by atoms with E-state index in [9.17, 15) is 5.11 Å². The fraction of sp³-hybridized carbons (Fsp3) is 0.200. The number of anilines is 1. The van der Waals surface area contributed by atoms with Gasteiger partial charge >= 0.3 is 0 Å². The highest BCUT2D eigenvalue weighted by Gasteiger charge is 2.08. The fourth-order valence-electron chi connectivity index (χ4n) is 1.68. The molecule has 2 rings (SSSR count). The highest BCUT2D eigenvalue weighted by molar-refractivity contribution is 6.42. The third-order valence-electron chi connectivity index (χ3n) is 2.79. The predicted molar refractivity (Wildman–Crippen MR) is 92.9 cm³/mol. The summed E-state index contributed by atoms with van der Waals surface area (Å²) in [4.78, 5) is 0. The molecule has 1 unspecified atom stereocenters. The Kier molecular flexibility index (Phi) is 6.48. The van der Waals surface area contributed by atoms with Gasteiger partial charge in [0.05, 0.1) is 15.1 Å².